The average molecular weight is 357 g/mol. The molecule has 0 unspecified atom stereocenters. The third kappa shape index (κ3) is 4.89. The molecule has 2 N–H and O–H groups in total. The molecule has 6 nitrogen and oxygen atoms in total. The lowest BCUT2D eigenvalue weighted by Crippen LogP contribution is -2.24. The summed E-state index contributed by atoms with van der Waals surface area (Å²) in [7, 11) is 0. The fourth-order valence-electron chi connectivity index (χ4n) is 2.50. The molecular formula is C21H19N5O. The zero-order valence-electron chi connectivity index (χ0n) is 15.2. The molecule has 0 spiro atoms. The van der Waals surface area contributed by atoms with E-state index in [4.69, 9.17) is 5.26 Å². The summed E-state index contributed by atoms with van der Waals surface area (Å²) in [4.78, 5) is 21.0. The lowest BCUT2D eigenvalue weighted by molar-refractivity contribution is 0.0945. The fraction of sp³-hybridized carbons (Fsp3) is 0.143. The maximum Gasteiger partial charge on any atom is 0.270 e. The van der Waals surface area contributed by atoms with Crippen LogP contribution in [0.1, 0.15) is 33.0 Å². The number of benzene rings is 2. The number of nitrogens with zero attached hydrogens (tertiary/aromatic N) is 3. The monoisotopic (exact) mass is 357 g/mol. The molecule has 0 radical (unpaired) electrons. The maximum absolute atomic E-state index is 12.5. The van der Waals surface area contributed by atoms with E-state index < -0.39 is 0 Å². The molecule has 1 aromatic heterocycles. The number of nitriles is 1. The van der Waals surface area contributed by atoms with E-state index in [-0.39, 0.29) is 5.91 Å². The summed E-state index contributed by atoms with van der Waals surface area (Å²) in [5.74, 6) is 0.755. The number of hydrogen-bond donors (Lipinski definition) is 2. The number of nitrogens with one attached hydrogen (secondary N) is 2. The van der Waals surface area contributed by atoms with Crippen LogP contribution in [0.25, 0.3) is 0 Å². The van der Waals surface area contributed by atoms with E-state index in [0.29, 0.717) is 29.4 Å². The van der Waals surface area contributed by atoms with Crippen molar-refractivity contribution in [3.63, 3.8) is 0 Å². The number of rotatable bonds is 5. The molecule has 0 aliphatic heterocycles. The van der Waals surface area contributed by atoms with Crippen LogP contribution in [0.15, 0.2) is 54.6 Å². The number of amides is 1. The Morgan fingerprint density at radius 2 is 1.74 bits per heavy atom. The standard InChI is InChI=1S/C21H19N5O/c1-14-3-5-17(6-4-14)13-23-21(27)19-11-20(25-15(2)24-19)26-18-9-7-16(12-22)8-10-18/h3-11H,13H2,1-2H3,(H,23,27)(H,24,25,26). The van der Waals surface area contributed by atoms with Gasteiger partial charge in [-0.1, -0.05) is 29.8 Å². The van der Waals surface area contributed by atoms with Crippen molar-refractivity contribution in [2.75, 3.05) is 5.32 Å². The summed E-state index contributed by atoms with van der Waals surface area (Å²) in [6.07, 6.45) is 0. The van der Waals surface area contributed by atoms with Gasteiger partial charge in [-0.05, 0) is 43.7 Å². The number of aryl methyl sites for hydroxylation is 2. The van der Waals surface area contributed by atoms with Gasteiger partial charge in [0.05, 0.1) is 11.6 Å². The summed E-state index contributed by atoms with van der Waals surface area (Å²) in [6, 6.07) is 18.7. The summed E-state index contributed by atoms with van der Waals surface area (Å²) in [5, 5.41) is 14.9. The van der Waals surface area contributed by atoms with Crippen molar-refractivity contribution >= 4 is 17.4 Å². The molecular weight excluding hydrogens is 338 g/mol. The second-order valence-electron chi connectivity index (χ2n) is 6.17. The van der Waals surface area contributed by atoms with Crippen LogP contribution in [0, 0.1) is 25.2 Å². The van der Waals surface area contributed by atoms with Crippen LogP contribution in [0.3, 0.4) is 0 Å². The highest BCUT2D eigenvalue weighted by Crippen LogP contribution is 2.16. The molecule has 2 aromatic carbocycles. The van der Waals surface area contributed by atoms with Gasteiger partial charge in [-0.3, -0.25) is 4.79 Å². The highest BCUT2D eigenvalue weighted by atomic mass is 16.1. The second kappa shape index (κ2) is 8.11. The van der Waals surface area contributed by atoms with Crippen molar-refractivity contribution in [2.45, 2.75) is 20.4 Å². The fourth-order valence-corrected chi connectivity index (χ4v) is 2.50. The molecule has 134 valence electrons. The molecule has 0 saturated heterocycles. The van der Waals surface area contributed by atoms with Gasteiger partial charge in [-0.2, -0.15) is 5.26 Å². The lowest BCUT2D eigenvalue weighted by atomic mass is 10.1. The first-order chi connectivity index (χ1) is 13.0. The van der Waals surface area contributed by atoms with Gasteiger partial charge in [0.2, 0.25) is 0 Å². The highest BCUT2D eigenvalue weighted by molar-refractivity contribution is 5.93. The van der Waals surface area contributed by atoms with Crippen LogP contribution in [0.2, 0.25) is 0 Å². The number of carbonyl (C=O) groups excluding carboxylic acids is 1. The van der Waals surface area contributed by atoms with Crippen LogP contribution in [0.4, 0.5) is 11.5 Å². The third-order valence-corrected chi connectivity index (χ3v) is 3.93. The minimum Gasteiger partial charge on any atom is -0.347 e. The highest BCUT2D eigenvalue weighted by Gasteiger charge is 2.11. The second-order valence-corrected chi connectivity index (χ2v) is 6.17. The van der Waals surface area contributed by atoms with E-state index in [1.165, 1.54) is 5.56 Å². The number of anilines is 2. The van der Waals surface area contributed by atoms with Gasteiger partial charge in [0.15, 0.2) is 0 Å². The summed E-state index contributed by atoms with van der Waals surface area (Å²) in [5.41, 5.74) is 3.85. The minimum atomic E-state index is -0.260. The number of hydrogen-bond acceptors (Lipinski definition) is 5. The quantitative estimate of drug-likeness (QED) is 0.727. The Labute approximate surface area is 157 Å². The van der Waals surface area contributed by atoms with Crippen LogP contribution < -0.4 is 10.6 Å². The van der Waals surface area contributed by atoms with Crippen LogP contribution >= 0.6 is 0 Å². The Bertz CT molecular complexity index is 989. The lowest BCUT2D eigenvalue weighted by Gasteiger charge is -2.09. The van der Waals surface area contributed by atoms with Gasteiger partial charge < -0.3 is 10.6 Å². The van der Waals surface area contributed by atoms with Gasteiger partial charge >= 0.3 is 0 Å². The molecule has 0 aliphatic carbocycles. The van der Waals surface area contributed by atoms with Gasteiger partial charge in [-0.15, -0.1) is 0 Å². The van der Waals surface area contributed by atoms with E-state index >= 15 is 0 Å². The Hall–Kier alpha value is -3.72. The zero-order chi connectivity index (χ0) is 19.2. The first kappa shape index (κ1) is 18.1. The van der Waals surface area contributed by atoms with Gasteiger partial charge in [0.25, 0.3) is 5.91 Å². The van der Waals surface area contributed by atoms with E-state index in [2.05, 4.69) is 26.7 Å². The van der Waals surface area contributed by atoms with Crippen LogP contribution in [-0.4, -0.2) is 15.9 Å². The van der Waals surface area contributed by atoms with Crippen molar-refractivity contribution in [3.8, 4) is 6.07 Å². The summed E-state index contributed by atoms with van der Waals surface area (Å²) in [6.45, 7) is 4.19. The third-order valence-electron chi connectivity index (χ3n) is 3.93. The van der Waals surface area contributed by atoms with E-state index in [0.717, 1.165) is 11.3 Å². The van der Waals surface area contributed by atoms with Crippen molar-refractivity contribution in [3.05, 3.63) is 82.8 Å². The molecule has 27 heavy (non-hydrogen) atoms. The SMILES string of the molecule is Cc1ccc(CNC(=O)c2cc(Nc3ccc(C#N)cc3)nc(C)n2)cc1. The molecule has 0 atom stereocenters. The van der Waals surface area contributed by atoms with Crippen molar-refractivity contribution < 1.29 is 4.79 Å². The topological polar surface area (TPSA) is 90.7 Å². The molecule has 0 aliphatic rings. The largest absolute Gasteiger partial charge is 0.347 e. The van der Waals surface area contributed by atoms with Crippen molar-refractivity contribution in [1.29, 1.82) is 5.26 Å². The predicted octanol–water partition coefficient (Wildman–Crippen LogP) is 3.64. The molecule has 1 amide bonds. The van der Waals surface area contributed by atoms with Crippen molar-refractivity contribution in [2.24, 2.45) is 0 Å². The Morgan fingerprint density at radius 1 is 1.04 bits per heavy atom. The molecule has 6 heteroatoms. The Kier molecular flexibility index (Phi) is 5.43. The molecule has 0 saturated carbocycles. The summed E-state index contributed by atoms with van der Waals surface area (Å²) < 4.78 is 0. The first-order valence-corrected chi connectivity index (χ1v) is 8.50. The van der Waals surface area contributed by atoms with Gasteiger partial charge in [0, 0.05) is 18.3 Å². The van der Waals surface area contributed by atoms with Gasteiger partial charge in [0.1, 0.15) is 17.3 Å². The number of aromatic nitrogens is 2. The normalized spacial score (nSPS) is 10.1. The Balaban J connectivity index is 1.70. The van der Waals surface area contributed by atoms with Gasteiger partial charge in [-0.25, -0.2) is 9.97 Å². The van der Waals surface area contributed by atoms with Crippen LogP contribution in [0.5, 0.6) is 0 Å². The number of carbonyl (C=O) groups is 1. The predicted molar refractivity (Wildman–Crippen MR) is 104 cm³/mol. The molecule has 1 heterocycles. The Morgan fingerprint density at radius 3 is 2.41 bits per heavy atom. The zero-order valence-corrected chi connectivity index (χ0v) is 15.2. The first-order valence-electron chi connectivity index (χ1n) is 8.50. The minimum absolute atomic E-state index is 0.260. The summed E-state index contributed by atoms with van der Waals surface area (Å²) >= 11 is 0. The molecule has 3 aromatic rings. The smallest absolute Gasteiger partial charge is 0.270 e. The van der Waals surface area contributed by atoms with E-state index in [1.54, 1.807) is 37.3 Å². The maximum atomic E-state index is 12.5. The molecule has 0 fully saturated rings. The van der Waals surface area contributed by atoms with E-state index in [1.807, 2.05) is 31.2 Å². The molecule has 3 rings (SSSR count). The van der Waals surface area contributed by atoms with E-state index in [9.17, 15) is 4.79 Å². The average Bonchev–Trinajstić information content (AvgIpc) is 2.67. The van der Waals surface area contributed by atoms with Crippen molar-refractivity contribution in [1.82, 2.24) is 15.3 Å². The van der Waals surface area contributed by atoms with Crippen LogP contribution in [-0.2, 0) is 6.54 Å². The molecule has 0 bridgehead atoms.